The minimum absolute atomic E-state index is 0.121. The highest BCUT2D eigenvalue weighted by Crippen LogP contribution is 2.13. The predicted octanol–water partition coefficient (Wildman–Crippen LogP) is -2.04. The quantitative estimate of drug-likeness (QED) is 0.466. The lowest BCUT2D eigenvalue weighted by Gasteiger charge is -2.26. The molecule has 0 aromatic rings. The Morgan fingerprint density at radius 3 is 2.61 bits per heavy atom. The molecule has 1 fully saturated rings. The molecule has 102 valence electrons. The second kappa shape index (κ2) is 5.81. The van der Waals surface area contributed by atoms with Gasteiger partial charge in [0.25, 0.3) is 0 Å². The van der Waals surface area contributed by atoms with Gasteiger partial charge in [0.2, 0.25) is 17.7 Å². The normalized spacial score (nSPS) is 19.9. The molecule has 3 amide bonds. The molecule has 18 heavy (non-hydrogen) atoms. The number of piperazine rings is 1. The van der Waals surface area contributed by atoms with E-state index in [-0.39, 0.29) is 37.4 Å². The van der Waals surface area contributed by atoms with Crippen molar-refractivity contribution in [1.29, 1.82) is 0 Å². The van der Waals surface area contributed by atoms with Crippen LogP contribution in [0.1, 0.15) is 13.8 Å². The Morgan fingerprint density at radius 2 is 2.11 bits per heavy atom. The van der Waals surface area contributed by atoms with Crippen molar-refractivity contribution in [1.82, 2.24) is 21.3 Å². The zero-order valence-electron chi connectivity index (χ0n) is 10.9. The van der Waals surface area contributed by atoms with Gasteiger partial charge in [-0.1, -0.05) is 0 Å². The maximum absolute atomic E-state index is 11.8. The van der Waals surface area contributed by atoms with Gasteiger partial charge < -0.3 is 16.0 Å². The standard InChI is InChI=1S/C11H20N4O3/c1-11(2,10(18)12-3)6-15-9(17)7-4-14-8(16)5-13-7/h7,13H,4-6H2,1-3H3,(H,12,18)(H,14,16)(H,15,17). The minimum atomic E-state index is -0.664. The zero-order valence-corrected chi connectivity index (χ0v) is 10.9. The zero-order chi connectivity index (χ0) is 13.8. The maximum Gasteiger partial charge on any atom is 0.239 e. The molecule has 4 N–H and O–H groups in total. The van der Waals surface area contributed by atoms with E-state index in [9.17, 15) is 14.4 Å². The molecule has 0 spiro atoms. The molecule has 7 nitrogen and oxygen atoms in total. The van der Waals surface area contributed by atoms with Gasteiger partial charge in [0, 0.05) is 20.1 Å². The molecule has 1 atom stereocenters. The number of rotatable bonds is 4. The third-order valence-corrected chi connectivity index (χ3v) is 2.88. The number of carbonyl (C=O) groups excluding carboxylic acids is 3. The molecule has 1 unspecified atom stereocenters. The van der Waals surface area contributed by atoms with Crippen molar-refractivity contribution in [2.24, 2.45) is 5.41 Å². The first kappa shape index (κ1) is 14.4. The molecule has 1 aliphatic rings. The van der Waals surface area contributed by atoms with Crippen molar-refractivity contribution in [2.45, 2.75) is 19.9 Å². The second-order valence-electron chi connectivity index (χ2n) is 4.92. The van der Waals surface area contributed by atoms with Crippen molar-refractivity contribution < 1.29 is 14.4 Å². The fraction of sp³-hybridized carbons (Fsp3) is 0.727. The van der Waals surface area contributed by atoms with Crippen molar-refractivity contribution in [3.05, 3.63) is 0 Å². The lowest BCUT2D eigenvalue weighted by atomic mass is 9.92. The SMILES string of the molecule is CNC(=O)C(C)(C)CNC(=O)C1CNC(=O)CN1. The summed E-state index contributed by atoms with van der Waals surface area (Å²) < 4.78 is 0. The number of nitrogens with one attached hydrogen (secondary N) is 4. The Kier molecular flexibility index (Phi) is 4.66. The molecule has 0 radical (unpaired) electrons. The third-order valence-electron chi connectivity index (χ3n) is 2.88. The van der Waals surface area contributed by atoms with Gasteiger partial charge in [-0.15, -0.1) is 0 Å². The Balaban J connectivity index is 2.41. The summed E-state index contributed by atoms with van der Waals surface area (Å²) in [6, 6.07) is -0.441. The van der Waals surface area contributed by atoms with Crippen molar-refractivity contribution in [3.8, 4) is 0 Å². The molecule has 0 aromatic heterocycles. The molecule has 0 aliphatic carbocycles. The molecule has 1 saturated heterocycles. The van der Waals surface area contributed by atoms with Crippen molar-refractivity contribution in [3.63, 3.8) is 0 Å². The van der Waals surface area contributed by atoms with Crippen LogP contribution in [0.5, 0.6) is 0 Å². The molecule has 7 heteroatoms. The topological polar surface area (TPSA) is 99.3 Å². The highest BCUT2D eigenvalue weighted by Gasteiger charge is 2.29. The van der Waals surface area contributed by atoms with Crippen LogP contribution >= 0.6 is 0 Å². The fourth-order valence-corrected chi connectivity index (χ4v) is 1.60. The lowest BCUT2D eigenvalue weighted by Crippen LogP contribution is -2.59. The molecular weight excluding hydrogens is 236 g/mol. The molecule has 1 rings (SSSR count). The van der Waals surface area contributed by atoms with E-state index in [1.54, 1.807) is 20.9 Å². The Hall–Kier alpha value is -1.63. The predicted molar refractivity (Wildman–Crippen MR) is 65.7 cm³/mol. The van der Waals surface area contributed by atoms with Crippen LogP contribution in [0.25, 0.3) is 0 Å². The van der Waals surface area contributed by atoms with Gasteiger partial charge in [-0.3, -0.25) is 19.7 Å². The van der Waals surface area contributed by atoms with Gasteiger partial charge in [0.15, 0.2) is 0 Å². The number of hydrogen-bond donors (Lipinski definition) is 4. The molecule has 0 saturated carbocycles. The fourth-order valence-electron chi connectivity index (χ4n) is 1.60. The van der Waals surface area contributed by atoms with Crippen LogP contribution in [0.3, 0.4) is 0 Å². The smallest absolute Gasteiger partial charge is 0.239 e. The molecule has 0 bridgehead atoms. The van der Waals surface area contributed by atoms with Crippen LogP contribution in [0.2, 0.25) is 0 Å². The van der Waals surface area contributed by atoms with Crippen LogP contribution in [0.15, 0.2) is 0 Å². The first-order valence-corrected chi connectivity index (χ1v) is 5.87. The number of carbonyl (C=O) groups is 3. The average Bonchev–Trinajstić information content (AvgIpc) is 2.35. The van der Waals surface area contributed by atoms with Crippen LogP contribution < -0.4 is 21.3 Å². The Morgan fingerprint density at radius 1 is 1.44 bits per heavy atom. The first-order valence-electron chi connectivity index (χ1n) is 5.87. The van der Waals surface area contributed by atoms with E-state index in [1.165, 1.54) is 0 Å². The van der Waals surface area contributed by atoms with Crippen LogP contribution in [0, 0.1) is 5.41 Å². The summed E-state index contributed by atoms with van der Waals surface area (Å²) in [4.78, 5) is 34.3. The van der Waals surface area contributed by atoms with Gasteiger partial charge in [0.1, 0.15) is 6.04 Å². The van der Waals surface area contributed by atoms with Crippen LogP contribution in [-0.4, -0.2) is 50.4 Å². The summed E-state index contributed by atoms with van der Waals surface area (Å²) in [5.74, 6) is -0.468. The molecule has 1 aliphatic heterocycles. The van der Waals surface area contributed by atoms with E-state index in [4.69, 9.17) is 0 Å². The lowest BCUT2D eigenvalue weighted by molar-refractivity contribution is -0.130. The highest BCUT2D eigenvalue weighted by molar-refractivity contribution is 5.87. The van der Waals surface area contributed by atoms with Crippen LogP contribution in [0.4, 0.5) is 0 Å². The Bertz CT molecular complexity index is 344. The molecule has 1 heterocycles. The van der Waals surface area contributed by atoms with E-state index in [0.29, 0.717) is 0 Å². The monoisotopic (exact) mass is 256 g/mol. The summed E-state index contributed by atoms with van der Waals surface area (Å²) in [6.07, 6.45) is 0. The van der Waals surface area contributed by atoms with Gasteiger partial charge in [-0.05, 0) is 13.8 Å². The summed E-state index contributed by atoms with van der Waals surface area (Å²) >= 11 is 0. The van der Waals surface area contributed by atoms with Gasteiger partial charge >= 0.3 is 0 Å². The third kappa shape index (κ3) is 3.69. The molecule has 0 aromatic carbocycles. The van der Waals surface area contributed by atoms with Crippen molar-refractivity contribution >= 4 is 17.7 Å². The minimum Gasteiger partial charge on any atom is -0.359 e. The van der Waals surface area contributed by atoms with E-state index in [1.807, 2.05) is 0 Å². The summed E-state index contributed by atoms with van der Waals surface area (Å²) in [6.45, 7) is 4.16. The first-order chi connectivity index (χ1) is 8.36. The van der Waals surface area contributed by atoms with Crippen LogP contribution in [-0.2, 0) is 14.4 Å². The van der Waals surface area contributed by atoms with E-state index in [2.05, 4.69) is 21.3 Å². The van der Waals surface area contributed by atoms with Gasteiger partial charge in [-0.25, -0.2) is 0 Å². The van der Waals surface area contributed by atoms with E-state index >= 15 is 0 Å². The summed E-state index contributed by atoms with van der Waals surface area (Å²) in [7, 11) is 1.56. The number of hydrogen-bond acceptors (Lipinski definition) is 4. The van der Waals surface area contributed by atoms with E-state index < -0.39 is 11.5 Å². The molecular formula is C11H20N4O3. The largest absolute Gasteiger partial charge is 0.359 e. The maximum atomic E-state index is 11.8. The summed E-state index contributed by atoms with van der Waals surface area (Å²) in [5.41, 5.74) is -0.664. The van der Waals surface area contributed by atoms with Gasteiger partial charge in [0.05, 0.1) is 12.0 Å². The number of amides is 3. The summed E-state index contributed by atoms with van der Waals surface area (Å²) in [5, 5.41) is 10.7. The Labute approximate surface area is 106 Å². The average molecular weight is 256 g/mol. The van der Waals surface area contributed by atoms with E-state index in [0.717, 1.165) is 0 Å². The van der Waals surface area contributed by atoms with Gasteiger partial charge in [-0.2, -0.15) is 0 Å². The van der Waals surface area contributed by atoms with Crippen molar-refractivity contribution in [2.75, 3.05) is 26.7 Å². The second-order valence-corrected chi connectivity index (χ2v) is 4.92. The highest BCUT2D eigenvalue weighted by atomic mass is 16.2.